The fourth-order valence-corrected chi connectivity index (χ4v) is 1.32. The maximum Gasteiger partial charge on any atom is 0.315 e. The molecule has 0 fully saturated rings. The van der Waals surface area contributed by atoms with Gasteiger partial charge in [0.2, 0.25) is 5.91 Å². The van der Waals surface area contributed by atoms with E-state index in [2.05, 4.69) is 10.1 Å². The van der Waals surface area contributed by atoms with Gasteiger partial charge in [0, 0.05) is 6.07 Å². The van der Waals surface area contributed by atoms with Crippen LogP contribution in [0.4, 0.5) is 10.1 Å². The number of anilines is 1. The average Bonchev–Trinajstić information content (AvgIpc) is 2.29. The van der Waals surface area contributed by atoms with E-state index in [1.165, 1.54) is 19.2 Å². The summed E-state index contributed by atoms with van der Waals surface area (Å²) in [5, 5.41) is 2.39. The van der Waals surface area contributed by atoms with Gasteiger partial charge in [-0.05, 0) is 19.1 Å². The van der Waals surface area contributed by atoms with Gasteiger partial charge in [-0.1, -0.05) is 0 Å². The number of rotatable bonds is 5. The van der Waals surface area contributed by atoms with Crippen LogP contribution in [-0.4, -0.2) is 25.6 Å². The molecule has 6 heteroatoms. The Balaban J connectivity index is 2.69. The first-order valence-electron chi connectivity index (χ1n) is 5.35. The lowest BCUT2D eigenvalue weighted by molar-refractivity contribution is -0.145. The third-order valence-electron chi connectivity index (χ3n) is 2.05. The summed E-state index contributed by atoms with van der Waals surface area (Å²) >= 11 is 0. The summed E-state index contributed by atoms with van der Waals surface area (Å²) in [7, 11) is 1.40. The summed E-state index contributed by atoms with van der Waals surface area (Å²) in [5.74, 6) is -1.42. The minimum absolute atomic E-state index is 0.173. The number of amides is 1. The summed E-state index contributed by atoms with van der Waals surface area (Å²) in [5.41, 5.74) is 0.173. The highest BCUT2D eigenvalue weighted by Gasteiger charge is 2.13. The van der Waals surface area contributed by atoms with Crippen LogP contribution in [0.3, 0.4) is 0 Å². The lowest BCUT2D eigenvalue weighted by Gasteiger charge is -2.09. The molecule has 98 valence electrons. The number of benzene rings is 1. The molecule has 1 aromatic carbocycles. The molecule has 5 nitrogen and oxygen atoms in total. The highest BCUT2D eigenvalue weighted by molar-refractivity contribution is 6.02. The monoisotopic (exact) mass is 255 g/mol. The lowest BCUT2D eigenvalue weighted by atomic mass is 10.2. The highest BCUT2D eigenvalue weighted by Crippen LogP contribution is 2.24. The highest BCUT2D eigenvalue weighted by atomic mass is 19.1. The average molecular weight is 255 g/mol. The van der Waals surface area contributed by atoms with Crippen LogP contribution in [0.1, 0.15) is 13.3 Å². The fourth-order valence-electron chi connectivity index (χ4n) is 1.32. The first-order valence-corrected chi connectivity index (χ1v) is 5.35. The first kappa shape index (κ1) is 14.0. The summed E-state index contributed by atoms with van der Waals surface area (Å²) in [6.45, 7) is 1.85. The van der Waals surface area contributed by atoms with Crippen LogP contribution >= 0.6 is 0 Å². The number of methoxy groups -OCH3 is 1. The third kappa shape index (κ3) is 4.04. The fraction of sp³-hybridized carbons (Fsp3) is 0.333. The zero-order chi connectivity index (χ0) is 13.5. The van der Waals surface area contributed by atoms with Gasteiger partial charge in [0.1, 0.15) is 18.0 Å². The molecule has 0 bridgehead atoms. The van der Waals surface area contributed by atoms with Gasteiger partial charge in [0.25, 0.3) is 0 Å². The van der Waals surface area contributed by atoms with Gasteiger partial charge in [-0.25, -0.2) is 4.39 Å². The Morgan fingerprint density at radius 1 is 1.39 bits per heavy atom. The van der Waals surface area contributed by atoms with E-state index in [-0.39, 0.29) is 12.3 Å². The second-order valence-corrected chi connectivity index (χ2v) is 3.37. The van der Waals surface area contributed by atoms with Crippen LogP contribution in [0.15, 0.2) is 18.2 Å². The molecule has 0 aliphatic heterocycles. The van der Waals surface area contributed by atoms with Crippen molar-refractivity contribution in [2.75, 3.05) is 19.0 Å². The van der Waals surface area contributed by atoms with E-state index in [1.807, 2.05) is 0 Å². The van der Waals surface area contributed by atoms with E-state index in [0.29, 0.717) is 5.75 Å². The van der Waals surface area contributed by atoms with Gasteiger partial charge in [-0.2, -0.15) is 0 Å². The van der Waals surface area contributed by atoms with E-state index in [4.69, 9.17) is 4.74 Å². The maximum absolute atomic E-state index is 13.0. The molecule has 0 aliphatic carbocycles. The van der Waals surface area contributed by atoms with Gasteiger partial charge >= 0.3 is 5.97 Å². The summed E-state index contributed by atoms with van der Waals surface area (Å²) in [6.07, 6.45) is -0.423. The predicted molar refractivity (Wildman–Crippen MR) is 62.8 cm³/mol. The van der Waals surface area contributed by atoms with E-state index in [0.717, 1.165) is 6.07 Å². The van der Waals surface area contributed by atoms with Crippen molar-refractivity contribution in [3.8, 4) is 5.75 Å². The number of nitrogens with one attached hydrogen (secondary N) is 1. The number of esters is 1. The molecule has 0 aromatic heterocycles. The van der Waals surface area contributed by atoms with E-state index >= 15 is 0 Å². The van der Waals surface area contributed by atoms with Crippen LogP contribution in [0, 0.1) is 5.82 Å². The van der Waals surface area contributed by atoms with Crippen LogP contribution in [0.2, 0.25) is 0 Å². The largest absolute Gasteiger partial charge is 0.495 e. The molecule has 0 saturated carbocycles. The van der Waals surface area contributed by atoms with Crippen molar-refractivity contribution in [3.63, 3.8) is 0 Å². The maximum atomic E-state index is 13.0. The Bertz CT molecular complexity index is 448. The van der Waals surface area contributed by atoms with E-state index in [9.17, 15) is 14.0 Å². The van der Waals surface area contributed by atoms with Gasteiger partial charge in [0.15, 0.2) is 0 Å². The molecule has 1 amide bonds. The molecular formula is C12H14FNO4. The van der Waals surface area contributed by atoms with Crippen LogP contribution in [0.5, 0.6) is 5.75 Å². The molecule has 0 unspecified atom stereocenters. The number of hydrogen-bond acceptors (Lipinski definition) is 4. The van der Waals surface area contributed by atoms with Crippen molar-refractivity contribution in [3.05, 3.63) is 24.0 Å². The number of ether oxygens (including phenoxy) is 2. The van der Waals surface area contributed by atoms with Crippen LogP contribution in [0.25, 0.3) is 0 Å². The molecule has 0 radical (unpaired) electrons. The van der Waals surface area contributed by atoms with Crippen molar-refractivity contribution in [2.24, 2.45) is 0 Å². The van der Waals surface area contributed by atoms with Gasteiger partial charge in [0.05, 0.1) is 19.4 Å². The standard InChI is InChI=1S/C12H14FNO4/c1-3-18-12(16)7-11(15)14-9-6-8(13)4-5-10(9)17-2/h4-6H,3,7H2,1-2H3,(H,14,15). The SMILES string of the molecule is CCOC(=O)CC(=O)Nc1cc(F)ccc1OC. The summed E-state index contributed by atoms with van der Waals surface area (Å²) in [6, 6.07) is 3.71. The zero-order valence-electron chi connectivity index (χ0n) is 10.2. The molecule has 0 atom stereocenters. The Morgan fingerprint density at radius 3 is 2.72 bits per heavy atom. The van der Waals surface area contributed by atoms with E-state index < -0.39 is 24.1 Å². The van der Waals surface area contributed by atoms with Crippen molar-refractivity contribution in [1.82, 2.24) is 0 Å². The first-order chi connectivity index (χ1) is 8.56. The second-order valence-electron chi connectivity index (χ2n) is 3.37. The molecule has 1 N–H and O–H groups in total. The molecule has 1 aromatic rings. The Morgan fingerprint density at radius 2 is 2.11 bits per heavy atom. The molecule has 18 heavy (non-hydrogen) atoms. The number of carbonyl (C=O) groups excluding carboxylic acids is 2. The molecule has 1 rings (SSSR count). The zero-order valence-corrected chi connectivity index (χ0v) is 10.2. The summed E-state index contributed by atoms with van der Waals surface area (Å²) < 4.78 is 22.6. The third-order valence-corrected chi connectivity index (χ3v) is 2.05. The van der Waals surface area contributed by atoms with Crippen LogP contribution in [-0.2, 0) is 14.3 Å². The predicted octanol–water partition coefficient (Wildman–Crippen LogP) is 1.73. The van der Waals surface area contributed by atoms with Crippen molar-refractivity contribution in [1.29, 1.82) is 0 Å². The molecule has 0 saturated heterocycles. The molecule has 0 spiro atoms. The summed E-state index contributed by atoms with van der Waals surface area (Å²) in [4.78, 5) is 22.6. The van der Waals surface area contributed by atoms with E-state index in [1.54, 1.807) is 6.92 Å². The number of hydrogen-bond donors (Lipinski definition) is 1. The van der Waals surface area contributed by atoms with Gasteiger partial charge < -0.3 is 14.8 Å². The van der Waals surface area contributed by atoms with Gasteiger partial charge in [-0.3, -0.25) is 9.59 Å². The van der Waals surface area contributed by atoms with Crippen molar-refractivity contribution in [2.45, 2.75) is 13.3 Å². The van der Waals surface area contributed by atoms with Crippen molar-refractivity contribution < 1.29 is 23.5 Å². The quantitative estimate of drug-likeness (QED) is 0.642. The topological polar surface area (TPSA) is 64.6 Å². The Kier molecular flexibility index (Phi) is 5.10. The molecular weight excluding hydrogens is 241 g/mol. The normalized spacial score (nSPS) is 9.72. The Hall–Kier alpha value is -2.11. The lowest BCUT2D eigenvalue weighted by Crippen LogP contribution is -2.18. The number of carbonyl (C=O) groups is 2. The molecule has 0 aliphatic rings. The van der Waals surface area contributed by atoms with Gasteiger partial charge in [-0.15, -0.1) is 0 Å². The number of halogens is 1. The molecule has 0 heterocycles. The minimum Gasteiger partial charge on any atom is -0.495 e. The minimum atomic E-state index is -0.634. The second kappa shape index (κ2) is 6.58. The smallest absolute Gasteiger partial charge is 0.315 e. The van der Waals surface area contributed by atoms with Crippen molar-refractivity contribution >= 4 is 17.6 Å². The van der Waals surface area contributed by atoms with Crippen LogP contribution < -0.4 is 10.1 Å². The Labute approximate surface area is 104 Å².